The van der Waals surface area contributed by atoms with Crippen molar-refractivity contribution in [1.29, 1.82) is 0 Å². The van der Waals surface area contributed by atoms with Gasteiger partial charge < -0.3 is 5.32 Å². The molecule has 0 saturated heterocycles. The number of fused-ring (bicyclic) bond motifs is 1. The summed E-state index contributed by atoms with van der Waals surface area (Å²) in [7, 11) is -3.55. The van der Waals surface area contributed by atoms with E-state index in [2.05, 4.69) is 28.5 Å². The van der Waals surface area contributed by atoms with Gasteiger partial charge in [-0.25, -0.2) is 13.4 Å². The summed E-state index contributed by atoms with van der Waals surface area (Å²) >= 11 is 7.13. The fourth-order valence-electron chi connectivity index (χ4n) is 3.53. The Morgan fingerprint density at radius 2 is 1.80 bits per heavy atom. The minimum atomic E-state index is -3.55. The van der Waals surface area contributed by atoms with Gasteiger partial charge in [0.1, 0.15) is 0 Å². The van der Waals surface area contributed by atoms with Crippen molar-refractivity contribution in [3.63, 3.8) is 0 Å². The second-order valence-corrected chi connectivity index (χ2v) is 10.7. The lowest BCUT2D eigenvalue weighted by molar-refractivity contribution is -0.115. The highest BCUT2D eigenvalue weighted by Gasteiger charge is 2.17. The van der Waals surface area contributed by atoms with Gasteiger partial charge in [-0.05, 0) is 67.1 Å². The van der Waals surface area contributed by atoms with E-state index in [1.165, 1.54) is 59.6 Å². The Morgan fingerprint density at radius 3 is 2.57 bits per heavy atom. The number of hydrogen-bond donors (Lipinski definition) is 1. The molecule has 1 N–H and O–H groups in total. The number of thiazole rings is 1. The van der Waals surface area contributed by atoms with Crippen LogP contribution in [0.15, 0.2) is 52.7 Å². The van der Waals surface area contributed by atoms with Gasteiger partial charge in [0, 0.05) is 22.4 Å². The molecule has 0 atom stereocenters. The Morgan fingerprint density at radius 1 is 1.07 bits per heavy atom. The predicted octanol–water partition coefficient (Wildman–Crippen LogP) is 5.14. The number of rotatable bonds is 6. The number of amides is 1. The van der Waals surface area contributed by atoms with E-state index in [4.69, 9.17) is 11.6 Å². The van der Waals surface area contributed by atoms with Gasteiger partial charge in [0.05, 0.1) is 16.3 Å². The molecule has 1 amide bonds. The zero-order valence-electron chi connectivity index (χ0n) is 16.2. The van der Waals surface area contributed by atoms with Crippen molar-refractivity contribution >= 4 is 43.8 Å². The second-order valence-electron chi connectivity index (χ2n) is 7.30. The average molecular weight is 461 g/mol. The fraction of sp³-hybridized carbons (Fsp3) is 0.273. The summed E-state index contributed by atoms with van der Waals surface area (Å²) in [5.74, 6) is -0.650. The molecule has 1 aromatic heterocycles. The molecule has 0 fully saturated rings. The van der Waals surface area contributed by atoms with E-state index in [9.17, 15) is 13.2 Å². The molecule has 0 spiro atoms. The van der Waals surface area contributed by atoms with Gasteiger partial charge in [-0.15, -0.1) is 11.3 Å². The second kappa shape index (κ2) is 8.88. The minimum absolute atomic E-state index is 0.140. The summed E-state index contributed by atoms with van der Waals surface area (Å²) in [5.41, 5.74) is 4.65. The number of carbonyl (C=O) groups excluding carboxylic acids is 1. The van der Waals surface area contributed by atoms with Crippen LogP contribution in [0.5, 0.6) is 0 Å². The maximum absolute atomic E-state index is 12.4. The molecule has 5 nitrogen and oxygen atoms in total. The third-order valence-corrected chi connectivity index (χ3v) is 7.91. The van der Waals surface area contributed by atoms with Gasteiger partial charge in [0.2, 0.25) is 5.91 Å². The topological polar surface area (TPSA) is 76.1 Å². The van der Waals surface area contributed by atoms with Crippen LogP contribution in [0, 0.1) is 0 Å². The Hall–Kier alpha value is -2.22. The van der Waals surface area contributed by atoms with E-state index >= 15 is 0 Å². The molecule has 3 aromatic rings. The third-order valence-electron chi connectivity index (χ3n) is 5.17. The quantitative estimate of drug-likeness (QED) is 0.552. The van der Waals surface area contributed by atoms with E-state index in [0.717, 1.165) is 24.1 Å². The van der Waals surface area contributed by atoms with Gasteiger partial charge in [-0.3, -0.25) is 4.79 Å². The normalized spacial score (nSPS) is 13.6. The number of aryl methyl sites for hydroxylation is 2. The Kier molecular flexibility index (Phi) is 6.22. The Balaban J connectivity index is 1.38. The van der Waals surface area contributed by atoms with E-state index in [1.807, 2.05) is 5.38 Å². The van der Waals surface area contributed by atoms with E-state index < -0.39 is 9.84 Å². The van der Waals surface area contributed by atoms with Crippen LogP contribution < -0.4 is 5.32 Å². The first kappa shape index (κ1) is 21.0. The highest BCUT2D eigenvalue weighted by atomic mass is 35.5. The molecule has 0 bridgehead atoms. The molecule has 30 heavy (non-hydrogen) atoms. The van der Waals surface area contributed by atoms with Crippen molar-refractivity contribution in [2.24, 2.45) is 0 Å². The van der Waals surface area contributed by atoms with Crippen LogP contribution in [-0.2, 0) is 27.5 Å². The first-order valence-electron chi connectivity index (χ1n) is 9.77. The van der Waals surface area contributed by atoms with Gasteiger partial charge in [-0.2, -0.15) is 0 Å². The molecule has 1 aliphatic rings. The molecule has 2 aromatic carbocycles. The Bertz CT molecular complexity index is 1170. The number of benzene rings is 2. The van der Waals surface area contributed by atoms with Gasteiger partial charge in [0.15, 0.2) is 15.0 Å². The number of hydrogen-bond acceptors (Lipinski definition) is 5. The first-order chi connectivity index (χ1) is 14.4. The van der Waals surface area contributed by atoms with Crippen LogP contribution in [0.25, 0.3) is 11.3 Å². The van der Waals surface area contributed by atoms with Crippen LogP contribution >= 0.6 is 22.9 Å². The van der Waals surface area contributed by atoms with Crippen LogP contribution in [0.2, 0.25) is 5.02 Å². The van der Waals surface area contributed by atoms with Crippen LogP contribution in [-0.4, -0.2) is 25.1 Å². The minimum Gasteiger partial charge on any atom is -0.302 e. The smallest absolute Gasteiger partial charge is 0.227 e. The molecule has 0 unspecified atom stereocenters. The van der Waals surface area contributed by atoms with Crippen molar-refractivity contribution in [1.82, 2.24) is 4.98 Å². The number of aromatic nitrogens is 1. The van der Waals surface area contributed by atoms with Crippen molar-refractivity contribution in [3.05, 3.63) is 64.0 Å². The summed E-state index contributed by atoms with van der Waals surface area (Å²) in [6.07, 6.45) is 4.55. The predicted molar refractivity (Wildman–Crippen MR) is 121 cm³/mol. The first-order valence-corrected chi connectivity index (χ1v) is 12.7. The summed E-state index contributed by atoms with van der Waals surface area (Å²) in [6.45, 7) is 0. The van der Waals surface area contributed by atoms with E-state index in [1.54, 1.807) is 0 Å². The number of carbonyl (C=O) groups is 1. The number of nitrogens with zero attached hydrogens (tertiary/aromatic N) is 1. The third kappa shape index (κ3) is 4.91. The van der Waals surface area contributed by atoms with Gasteiger partial charge in [0.25, 0.3) is 0 Å². The monoisotopic (exact) mass is 460 g/mol. The van der Waals surface area contributed by atoms with Crippen molar-refractivity contribution in [3.8, 4) is 11.3 Å². The molecule has 8 heteroatoms. The molecule has 1 heterocycles. The Labute approximate surface area is 185 Å². The summed E-state index contributed by atoms with van der Waals surface area (Å²) in [4.78, 5) is 16.9. The van der Waals surface area contributed by atoms with Crippen LogP contribution in [0.1, 0.15) is 30.4 Å². The average Bonchev–Trinajstić information content (AvgIpc) is 3.21. The lowest BCUT2D eigenvalue weighted by Gasteiger charge is -2.16. The van der Waals surface area contributed by atoms with Crippen LogP contribution in [0.3, 0.4) is 0 Å². The van der Waals surface area contributed by atoms with Crippen molar-refractivity contribution in [2.45, 2.75) is 37.0 Å². The summed E-state index contributed by atoms with van der Waals surface area (Å²) in [5, 5.41) is 5.55. The SMILES string of the molecule is O=C(CCS(=O)(=O)c1ccc(Cl)cc1)Nc1nc(-c2ccc3c(c2)CCCC3)cs1. The molecule has 0 saturated carbocycles. The zero-order chi connectivity index (χ0) is 21.1. The summed E-state index contributed by atoms with van der Waals surface area (Å²) in [6, 6.07) is 12.4. The number of sulfone groups is 1. The number of nitrogens with one attached hydrogen (secondary N) is 1. The molecular weight excluding hydrogens is 440 g/mol. The fourth-order valence-corrected chi connectivity index (χ4v) is 5.63. The number of halogens is 1. The van der Waals surface area contributed by atoms with E-state index in [0.29, 0.717) is 10.2 Å². The molecule has 4 rings (SSSR count). The molecule has 156 valence electrons. The molecule has 0 aliphatic heterocycles. The zero-order valence-corrected chi connectivity index (χ0v) is 18.6. The van der Waals surface area contributed by atoms with Crippen molar-refractivity contribution < 1.29 is 13.2 Å². The molecule has 0 radical (unpaired) electrons. The number of anilines is 1. The highest BCUT2D eigenvalue weighted by molar-refractivity contribution is 7.91. The molecule has 1 aliphatic carbocycles. The van der Waals surface area contributed by atoms with Crippen LogP contribution in [0.4, 0.5) is 5.13 Å². The maximum Gasteiger partial charge on any atom is 0.227 e. The van der Waals surface area contributed by atoms with Gasteiger partial charge in [-0.1, -0.05) is 23.7 Å². The lowest BCUT2D eigenvalue weighted by atomic mass is 9.90. The molecular formula is C22H21ClN2O3S2. The largest absolute Gasteiger partial charge is 0.302 e. The van der Waals surface area contributed by atoms with E-state index in [-0.39, 0.29) is 23.0 Å². The maximum atomic E-state index is 12.4. The standard InChI is InChI=1S/C22H21ClN2O3S2/c23-18-7-9-19(10-8-18)30(27,28)12-11-21(26)25-22-24-20(14-29-22)17-6-5-15-3-1-2-4-16(15)13-17/h5-10,13-14H,1-4,11-12H2,(H,24,25,26). The lowest BCUT2D eigenvalue weighted by Crippen LogP contribution is -2.17. The van der Waals surface area contributed by atoms with Gasteiger partial charge >= 0.3 is 0 Å². The van der Waals surface area contributed by atoms with Crippen molar-refractivity contribution in [2.75, 3.05) is 11.1 Å². The summed E-state index contributed by atoms with van der Waals surface area (Å²) < 4.78 is 24.7. The highest BCUT2D eigenvalue weighted by Crippen LogP contribution is 2.29.